The summed E-state index contributed by atoms with van der Waals surface area (Å²) in [5, 5.41) is 10.3. The Bertz CT molecular complexity index is 1670. The molecule has 0 saturated heterocycles. The van der Waals surface area contributed by atoms with E-state index in [0.29, 0.717) is 30.0 Å². The summed E-state index contributed by atoms with van der Waals surface area (Å²) in [6.45, 7) is 2.79. The molecule has 3 atom stereocenters. The van der Waals surface area contributed by atoms with Crippen molar-refractivity contribution in [3.05, 3.63) is 94.3 Å². The average Bonchev–Trinajstić information content (AvgIpc) is 3.86. The highest BCUT2D eigenvalue weighted by Crippen LogP contribution is 2.49. The molecular weight excluding hydrogens is 491 g/mol. The summed E-state index contributed by atoms with van der Waals surface area (Å²) in [6, 6.07) is 19.6. The first kappa shape index (κ1) is 24.1. The number of hydrogen-bond donors (Lipinski definition) is 1. The van der Waals surface area contributed by atoms with Crippen molar-refractivity contribution in [2.24, 2.45) is 13.0 Å². The number of nitrogens with zero attached hydrogens (tertiary/aromatic N) is 2. The lowest BCUT2D eigenvalue weighted by molar-refractivity contribution is -0.138. The second-order valence-corrected chi connectivity index (χ2v) is 11.5. The van der Waals surface area contributed by atoms with E-state index in [4.69, 9.17) is 0 Å². The van der Waals surface area contributed by atoms with Crippen molar-refractivity contribution < 1.29 is 19.1 Å². The van der Waals surface area contributed by atoms with Gasteiger partial charge in [-0.25, -0.2) is 4.39 Å². The largest absolute Gasteiger partial charge is 0.481 e. The smallest absolute Gasteiger partial charge is 0.307 e. The molecule has 0 unspecified atom stereocenters. The lowest BCUT2D eigenvalue weighted by Gasteiger charge is -2.35. The van der Waals surface area contributed by atoms with Gasteiger partial charge >= 0.3 is 5.97 Å². The van der Waals surface area contributed by atoms with Gasteiger partial charge < -0.3 is 14.6 Å². The third-order valence-electron chi connectivity index (χ3n) is 9.12. The zero-order chi connectivity index (χ0) is 27.0. The minimum Gasteiger partial charge on any atom is -0.481 e. The minimum atomic E-state index is -0.820. The fourth-order valence-corrected chi connectivity index (χ4v) is 6.59. The summed E-state index contributed by atoms with van der Waals surface area (Å²) < 4.78 is 17.4. The van der Waals surface area contributed by atoms with Crippen LogP contribution >= 0.6 is 0 Å². The van der Waals surface area contributed by atoms with Crippen LogP contribution in [0.1, 0.15) is 76.7 Å². The average molecular weight is 523 g/mol. The van der Waals surface area contributed by atoms with Crippen LogP contribution in [-0.2, 0) is 18.3 Å². The van der Waals surface area contributed by atoms with Gasteiger partial charge in [0.15, 0.2) is 0 Å². The molecule has 7 rings (SSSR count). The van der Waals surface area contributed by atoms with Gasteiger partial charge in [-0.1, -0.05) is 30.3 Å². The summed E-state index contributed by atoms with van der Waals surface area (Å²) >= 11 is 0. The van der Waals surface area contributed by atoms with Crippen LogP contribution in [-0.4, -0.2) is 33.0 Å². The number of rotatable bonds is 5. The van der Waals surface area contributed by atoms with Crippen LogP contribution in [0.25, 0.3) is 22.2 Å². The molecule has 198 valence electrons. The molecule has 39 heavy (non-hydrogen) atoms. The summed E-state index contributed by atoms with van der Waals surface area (Å²) in [7, 11) is 1.93. The number of aromatic nitrogens is 1. The number of amides is 1. The molecule has 2 aliphatic carbocycles. The predicted octanol–water partition coefficient (Wildman–Crippen LogP) is 6.81. The number of fused-ring (bicyclic) bond motifs is 2. The molecule has 6 heteroatoms. The maximum absolute atomic E-state index is 15.4. The zero-order valence-corrected chi connectivity index (χ0v) is 22.2. The Morgan fingerprint density at radius 2 is 1.79 bits per heavy atom. The van der Waals surface area contributed by atoms with E-state index in [1.54, 1.807) is 6.07 Å². The first-order valence-electron chi connectivity index (χ1n) is 13.9. The van der Waals surface area contributed by atoms with E-state index in [1.807, 2.05) is 40.8 Å². The molecule has 2 heterocycles. The fourth-order valence-electron chi connectivity index (χ4n) is 6.59. The Kier molecular flexibility index (Phi) is 5.45. The first-order valence-corrected chi connectivity index (χ1v) is 13.9. The van der Waals surface area contributed by atoms with Crippen molar-refractivity contribution in [2.75, 3.05) is 6.54 Å². The lowest BCUT2D eigenvalue weighted by Crippen LogP contribution is -2.38. The topological polar surface area (TPSA) is 62.5 Å². The van der Waals surface area contributed by atoms with E-state index in [2.05, 4.69) is 31.2 Å². The number of carboxylic acid groups (broad SMARTS) is 1. The van der Waals surface area contributed by atoms with Gasteiger partial charge in [-0.05, 0) is 97.0 Å². The van der Waals surface area contributed by atoms with Gasteiger partial charge in [0.1, 0.15) is 5.82 Å². The Labute approximate surface area is 226 Å². The number of halogens is 1. The molecule has 1 aromatic heterocycles. The highest BCUT2D eigenvalue weighted by Gasteiger charge is 2.44. The van der Waals surface area contributed by atoms with Gasteiger partial charge in [0.2, 0.25) is 0 Å². The third-order valence-corrected chi connectivity index (χ3v) is 9.12. The van der Waals surface area contributed by atoms with Crippen LogP contribution in [0.2, 0.25) is 0 Å². The molecule has 1 amide bonds. The maximum atomic E-state index is 15.4. The van der Waals surface area contributed by atoms with Gasteiger partial charge in [-0.3, -0.25) is 9.59 Å². The molecule has 2 saturated carbocycles. The molecule has 5 nitrogen and oxygen atoms in total. The van der Waals surface area contributed by atoms with Crippen molar-refractivity contribution in [3.63, 3.8) is 0 Å². The van der Waals surface area contributed by atoms with Crippen LogP contribution in [0.5, 0.6) is 0 Å². The standard InChI is InChI=1S/C33H31FN2O3/c1-18-23-6-4-3-5-19(23)11-12-36(18)32(37)22-13-25(20-7-8-20)27-17-31(35(2)30(27)15-22)24-10-9-21(14-29(24)34)26-16-28(26)33(38)39/h3-6,9-10,13-15,17-18,20,26,28H,7-8,11-12,16H2,1-2H3,(H,38,39)/t18-,26-,28+/m1/s1. The number of carboxylic acids is 1. The van der Waals surface area contributed by atoms with Gasteiger partial charge in [-0.15, -0.1) is 0 Å². The molecule has 1 aliphatic heterocycles. The Morgan fingerprint density at radius 3 is 2.51 bits per heavy atom. The SMILES string of the molecule is C[C@@H]1c2ccccc2CCN1C(=O)c1cc(C2CC2)c2cc(-c3ccc([C@H]4C[C@@H]4C(=O)O)cc3F)n(C)c2c1. The van der Waals surface area contributed by atoms with Crippen LogP contribution in [0, 0.1) is 11.7 Å². The fraction of sp³-hybridized carbons (Fsp3) is 0.333. The summed E-state index contributed by atoms with van der Waals surface area (Å²) in [5.41, 5.74) is 7.29. The molecule has 3 aromatic carbocycles. The van der Waals surface area contributed by atoms with E-state index >= 15 is 4.39 Å². The van der Waals surface area contributed by atoms with Crippen molar-refractivity contribution in [2.45, 2.75) is 50.5 Å². The van der Waals surface area contributed by atoms with Gasteiger partial charge in [0.05, 0.1) is 17.7 Å². The molecule has 0 bridgehead atoms. The normalized spacial score (nSPS) is 22.1. The highest BCUT2D eigenvalue weighted by atomic mass is 19.1. The Morgan fingerprint density at radius 1 is 1.00 bits per heavy atom. The van der Waals surface area contributed by atoms with E-state index in [-0.39, 0.29) is 23.7 Å². The first-order chi connectivity index (χ1) is 18.8. The maximum Gasteiger partial charge on any atom is 0.307 e. The van der Waals surface area contributed by atoms with Crippen molar-refractivity contribution in [1.29, 1.82) is 0 Å². The highest BCUT2D eigenvalue weighted by molar-refractivity contribution is 6.01. The summed E-state index contributed by atoms with van der Waals surface area (Å²) in [6.07, 6.45) is 3.60. The lowest BCUT2D eigenvalue weighted by atomic mass is 9.92. The molecule has 4 aromatic rings. The number of carbonyl (C=O) groups excluding carboxylic acids is 1. The zero-order valence-electron chi connectivity index (χ0n) is 22.2. The summed E-state index contributed by atoms with van der Waals surface area (Å²) in [4.78, 5) is 27.2. The molecule has 1 N–H and O–H groups in total. The molecule has 2 fully saturated rings. The Hall–Kier alpha value is -3.93. The Balaban J connectivity index is 1.27. The quantitative estimate of drug-likeness (QED) is 0.313. The van der Waals surface area contributed by atoms with Gasteiger partial charge in [0, 0.05) is 35.6 Å². The number of hydrogen-bond acceptors (Lipinski definition) is 2. The van der Waals surface area contributed by atoms with Crippen LogP contribution in [0.3, 0.4) is 0 Å². The summed E-state index contributed by atoms with van der Waals surface area (Å²) in [5.74, 6) is -1.24. The van der Waals surface area contributed by atoms with E-state index < -0.39 is 11.9 Å². The van der Waals surface area contributed by atoms with Crippen molar-refractivity contribution in [1.82, 2.24) is 9.47 Å². The predicted molar refractivity (Wildman–Crippen MR) is 148 cm³/mol. The second-order valence-electron chi connectivity index (χ2n) is 11.5. The molecule has 3 aliphatic rings. The van der Waals surface area contributed by atoms with Crippen LogP contribution in [0.15, 0.2) is 60.7 Å². The molecule has 0 spiro atoms. The van der Waals surface area contributed by atoms with E-state index in [9.17, 15) is 14.7 Å². The van der Waals surface area contributed by atoms with Crippen molar-refractivity contribution in [3.8, 4) is 11.3 Å². The second kappa shape index (κ2) is 8.80. The minimum absolute atomic E-state index is 0.00583. The van der Waals surface area contributed by atoms with Gasteiger partial charge in [0.25, 0.3) is 5.91 Å². The molecule has 0 radical (unpaired) electrons. The number of benzene rings is 3. The number of carbonyl (C=O) groups is 2. The van der Waals surface area contributed by atoms with E-state index in [1.165, 1.54) is 22.8 Å². The van der Waals surface area contributed by atoms with Crippen LogP contribution in [0.4, 0.5) is 4.39 Å². The van der Waals surface area contributed by atoms with Crippen LogP contribution < -0.4 is 0 Å². The number of aryl methyl sites for hydroxylation is 1. The molecular formula is C33H31FN2O3. The van der Waals surface area contributed by atoms with Crippen molar-refractivity contribution >= 4 is 22.8 Å². The monoisotopic (exact) mass is 522 g/mol. The number of aliphatic carboxylic acids is 1. The van der Waals surface area contributed by atoms with E-state index in [0.717, 1.165) is 41.4 Å². The van der Waals surface area contributed by atoms with Gasteiger partial charge in [-0.2, -0.15) is 0 Å². The third kappa shape index (κ3) is 3.96.